The Morgan fingerprint density at radius 2 is 2.06 bits per heavy atom. The molecule has 1 heterocycles. The number of hydrogen-bond acceptors (Lipinski definition) is 3. The molecule has 1 aromatic heterocycles. The predicted octanol–water partition coefficient (Wildman–Crippen LogP) is 3.83. The van der Waals surface area contributed by atoms with E-state index >= 15 is 0 Å². The van der Waals surface area contributed by atoms with Crippen molar-refractivity contribution in [2.75, 3.05) is 0 Å². The van der Waals surface area contributed by atoms with Gasteiger partial charge in [0.2, 0.25) is 0 Å². The largest absolute Gasteiger partial charge is 0.483 e. The first-order valence-electron chi connectivity index (χ1n) is 5.21. The zero-order valence-corrected chi connectivity index (χ0v) is 9.44. The van der Waals surface area contributed by atoms with Crippen LogP contribution in [0.4, 0.5) is 13.2 Å². The van der Waals surface area contributed by atoms with Gasteiger partial charge in [-0.3, -0.25) is 0 Å². The Labute approximate surface area is 101 Å². The van der Waals surface area contributed by atoms with Crippen LogP contribution < -0.4 is 4.74 Å². The van der Waals surface area contributed by atoms with Crippen molar-refractivity contribution in [2.24, 2.45) is 0 Å². The molecule has 0 radical (unpaired) electrons. The van der Waals surface area contributed by atoms with Crippen LogP contribution in [0.15, 0.2) is 41.1 Å². The van der Waals surface area contributed by atoms with Gasteiger partial charge in [0.25, 0.3) is 0 Å². The van der Waals surface area contributed by atoms with Crippen LogP contribution in [0.25, 0.3) is 0 Å². The number of hydrogen-bond donors (Lipinski definition) is 0. The molecule has 0 aliphatic heterocycles. The molecule has 6 heteroatoms. The van der Waals surface area contributed by atoms with Gasteiger partial charge in [-0.05, 0) is 25.1 Å². The van der Waals surface area contributed by atoms with Crippen molar-refractivity contribution in [3.8, 4) is 5.75 Å². The second-order valence-electron chi connectivity index (χ2n) is 3.70. The highest BCUT2D eigenvalue weighted by molar-refractivity contribution is 5.30. The summed E-state index contributed by atoms with van der Waals surface area (Å²) in [6.45, 7) is 1.67. The van der Waals surface area contributed by atoms with E-state index in [1.54, 1.807) is 13.0 Å². The minimum atomic E-state index is -4.38. The Morgan fingerprint density at radius 1 is 1.28 bits per heavy atom. The van der Waals surface area contributed by atoms with E-state index in [-0.39, 0.29) is 5.75 Å². The molecule has 0 saturated carbocycles. The molecule has 0 fully saturated rings. The first-order chi connectivity index (χ1) is 8.47. The number of nitrogens with zero attached hydrogens (tertiary/aromatic N) is 1. The van der Waals surface area contributed by atoms with E-state index in [0.29, 0.717) is 5.76 Å². The molecule has 1 atom stereocenters. The normalized spacial score (nSPS) is 13.3. The van der Waals surface area contributed by atoms with E-state index in [9.17, 15) is 13.2 Å². The standard InChI is InChI=1S/C12H10F3NO2/c1-8(11-5-6-16-18-11)17-10-4-2-3-9(7-10)12(13,14)15/h2-8H,1H3/t8-/m1/s1. The highest BCUT2D eigenvalue weighted by atomic mass is 19.4. The number of benzene rings is 1. The maximum absolute atomic E-state index is 12.5. The van der Waals surface area contributed by atoms with Crippen LogP contribution in [0.1, 0.15) is 24.4 Å². The van der Waals surface area contributed by atoms with Gasteiger partial charge in [-0.25, -0.2) is 0 Å². The monoisotopic (exact) mass is 257 g/mol. The van der Waals surface area contributed by atoms with Gasteiger partial charge in [-0.15, -0.1) is 0 Å². The first kappa shape index (κ1) is 12.5. The molecular formula is C12H10F3NO2. The molecule has 1 aromatic carbocycles. The quantitative estimate of drug-likeness (QED) is 0.838. The number of ether oxygens (including phenoxy) is 1. The zero-order chi connectivity index (χ0) is 13.2. The highest BCUT2D eigenvalue weighted by Crippen LogP contribution is 2.32. The van der Waals surface area contributed by atoms with Crippen LogP contribution in [-0.4, -0.2) is 5.16 Å². The summed E-state index contributed by atoms with van der Waals surface area (Å²) in [7, 11) is 0. The molecular weight excluding hydrogens is 247 g/mol. The lowest BCUT2D eigenvalue weighted by Gasteiger charge is -2.13. The average Bonchev–Trinajstić information content (AvgIpc) is 2.81. The molecule has 96 valence electrons. The van der Waals surface area contributed by atoms with Crippen LogP contribution in [0.3, 0.4) is 0 Å². The fourth-order valence-corrected chi connectivity index (χ4v) is 1.44. The van der Waals surface area contributed by atoms with Crippen molar-refractivity contribution in [3.05, 3.63) is 47.9 Å². The van der Waals surface area contributed by atoms with Crippen molar-refractivity contribution >= 4 is 0 Å². The molecule has 18 heavy (non-hydrogen) atoms. The molecule has 0 aliphatic rings. The van der Waals surface area contributed by atoms with Gasteiger partial charge < -0.3 is 9.26 Å². The Balaban J connectivity index is 2.15. The number of alkyl halides is 3. The lowest BCUT2D eigenvalue weighted by atomic mass is 10.2. The zero-order valence-electron chi connectivity index (χ0n) is 9.44. The summed E-state index contributed by atoms with van der Waals surface area (Å²) >= 11 is 0. The molecule has 2 rings (SSSR count). The SMILES string of the molecule is C[C@@H](Oc1cccc(C(F)(F)F)c1)c1ccno1. The fraction of sp³-hybridized carbons (Fsp3) is 0.250. The third-order valence-electron chi connectivity index (χ3n) is 2.33. The smallest absolute Gasteiger partial charge is 0.416 e. The third kappa shape index (κ3) is 2.82. The van der Waals surface area contributed by atoms with Crippen LogP contribution in [0.2, 0.25) is 0 Å². The summed E-state index contributed by atoms with van der Waals surface area (Å²) in [5.41, 5.74) is -0.746. The minimum absolute atomic E-state index is 0.133. The topological polar surface area (TPSA) is 35.3 Å². The average molecular weight is 257 g/mol. The van der Waals surface area contributed by atoms with Crippen LogP contribution in [-0.2, 0) is 6.18 Å². The highest BCUT2D eigenvalue weighted by Gasteiger charge is 2.30. The summed E-state index contributed by atoms with van der Waals surface area (Å²) < 4.78 is 47.7. The van der Waals surface area contributed by atoms with Gasteiger partial charge in [-0.1, -0.05) is 11.2 Å². The molecule has 2 aromatic rings. The molecule has 3 nitrogen and oxygen atoms in total. The summed E-state index contributed by atoms with van der Waals surface area (Å²) in [5.74, 6) is 0.584. The Hall–Kier alpha value is -1.98. The third-order valence-corrected chi connectivity index (χ3v) is 2.33. The minimum Gasteiger partial charge on any atom is -0.483 e. The Morgan fingerprint density at radius 3 is 2.67 bits per heavy atom. The van der Waals surface area contributed by atoms with Crippen molar-refractivity contribution in [1.82, 2.24) is 5.16 Å². The van der Waals surface area contributed by atoms with Gasteiger partial charge in [-0.2, -0.15) is 13.2 Å². The van der Waals surface area contributed by atoms with Gasteiger partial charge in [0.05, 0.1) is 11.8 Å². The molecule has 0 bridgehead atoms. The molecule has 0 saturated heterocycles. The first-order valence-corrected chi connectivity index (χ1v) is 5.21. The molecule has 0 amide bonds. The van der Waals surface area contributed by atoms with Gasteiger partial charge >= 0.3 is 6.18 Å². The van der Waals surface area contributed by atoms with Crippen LogP contribution >= 0.6 is 0 Å². The summed E-state index contributed by atoms with van der Waals surface area (Å²) in [5, 5.41) is 3.51. The van der Waals surface area contributed by atoms with E-state index < -0.39 is 17.8 Å². The summed E-state index contributed by atoms with van der Waals surface area (Å²) in [6.07, 6.45) is -3.44. The maximum atomic E-state index is 12.5. The van der Waals surface area contributed by atoms with Crippen molar-refractivity contribution in [3.63, 3.8) is 0 Å². The van der Waals surface area contributed by atoms with Gasteiger partial charge in [0, 0.05) is 6.07 Å². The molecule has 0 N–H and O–H groups in total. The maximum Gasteiger partial charge on any atom is 0.416 e. The van der Waals surface area contributed by atoms with E-state index in [0.717, 1.165) is 12.1 Å². The van der Waals surface area contributed by atoms with E-state index in [1.165, 1.54) is 18.3 Å². The van der Waals surface area contributed by atoms with Crippen LogP contribution in [0.5, 0.6) is 5.75 Å². The Bertz CT molecular complexity index is 508. The van der Waals surface area contributed by atoms with Crippen molar-refractivity contribution in [2.45, 2.75) is 19.2 Å². The fourth-order valence-electron chi connectivity index (χ4n) is 1.44. The van der Waals surface area contributed by atoms with E-state index in [4.69, 9.17) is 9.26 Å². The molecule has 0 unspecified atom stereocenters. The lowest BCUT2D eigenvalue weighted by molar-refractivity contribution is -0.137. The van der Waals surface area contributed by atoms with Crippen molar-refractivity contribution in [1.29, 1.82) is 0 Å². The van der Waals surface area contributed by atoms with Crippen LogP contribution in [0, 0.1) is 0 Å². The number of aromatic nitrogens is 1. The second-order valence-corrected chi connectivity index (χ2v) is 3.70. The van der Waals surface area contributed by atoms with Gasteiger partial charge in [0.15, 0.2) is 11.9 Å². The van der Waals surface area contributed by atoms with E-state index in [2.05, 4.69) is 5.16 Å². The van der Waals surface area contributed by atoms with E-state index in [1.807, 2.05) is 0 Å². The second kappa shape index (κ2) is 4.72. The van der Waals surface area contributed by atoms with Gasteiger partial charge in [0.1, 0.15) is 5.75 Å². The van der Waals surface area contributed by atoms with Crippen molar-refractivity contribution < 1.29 is 22.4 Å². The number of rotatable bonds is 3. The molecule has 0 spiro atoms. The molecule has 0 aliphatic carbocycles. The Kier molecular flexibility index (Phi) is 3.27. The lowest BCUT2D eigenvalue weighted by Crippen LogP contribution is -2.06. The summed E-state index contributed by atoms with van der Waals surface area (Å²) in [6, 6.07) is 6.30. The number of halogens is 3. The predicted molar refractivity (Wildman–Crippen MR) is 57.0 cm³/mol. The summed E-state index contributed by atoms with van der Waals surface area (Å²) in [4.78, 5) is 0.